The maximum Gasteiger partial charge on any atom is 0.414 e. The molecule has 1 atom stereocenters. The molecule has 2 fully saturated rings. The molecule has 0 saturated carbocycles. The molecular formula is C26H29ClN4O8S. The van der Waals surface area contributed by atoms with Gasteiger partial charge in [-0.05, 0) is 49.2 Å². The van der Waals surface area contributed by atoms with Crippen molar-refractivity contribution in [2.75, 3.05) is 55.8 Å². The maximum atomic E-state index is 13.2. The molecule has 2 saturated heterocycles. The first-order valence-electron chi connectivity index (χ1n) is 12.7. The van der Waals surface area contributed by atoms with Gasteiger partial charge in [0.2, 0.25) is 5.91 Å². The predicted octanol–water partition coefficient (Wildman–Crippen LogP) is 2.43. The summed E-state index contributed by atoms with van der Waals surface area (Å²) in [6.45, 7) is 0.781. The van der Waals surface area contributed by atoms with Crippen LogP contribution in [0, 0.1) is 0 Å². The van der Waals surface area contributed by atoms with Crippen molar-refractivity contribution in [1.29, 1.82) is 0 Å². The number of nitrogens with zero attached hydrogens (tertiary/aromatic N) is 3. The summed E-state index contributed by atoms with van der Waals surface area (Å²) >= 11 is 7.05. The number of cyclic esters (lactones) is 1. The van der Waals surface area contributed by atoms with Crippen LogP contribution in [-0.4, -0.2) is 86.8 Å². The number of morpholine rings is 1. The number of nitrogens with two attached hydrogens (primary N) is 1. The number of ether oxygens (including phenoxy) is 3. The van der Waals surface area contributed by atoms with Crippen molar-refractivity contribution < 1.29 is 38.2 Å². The lowest BCUT2D eigenvalue weighted by Crippen LogP contribution is -2.43. The molecule has 40 heavy (non-hydrogen) atoms. The van der Waals surface area contributed by atoms with Gasteiger partial charge in [-0.2, -0.15) is 0 Å². The van der Waals surface area contributed by atoms with Gasteiger partial charge in [-0.15, -0.1) is 11.3 Å². The fourth-order valence-electron chi connectivity index (χ4n) is 4.25. The van der Waals surface area contributed by atoms with Gasteiger partial charge in [-0.25, -0.2) is 4.79 Å². The Bertz CT molecular complexity index is 1250. The van der Waals surface area contributed by atoms with Crippen LogP contribution in [0.1, 0.15) is 28.9 Å². The molecule has 2 aliphatic heterocycles. The number of halogens is 1. The summed E-state index contributed by atoms with van der Waals surface area (Å²) in [5, 5.41) is 0. The molecule has 4 amide bonds. The topological polar surface area (TPSA) is 149 Å². The highest BCUT2D eigenvalue weighted by Gasteiger charge is 2.36. The third-order valence-electron chi connectivity index (χ3n) is 6.26. The van der Waals surface area contributed by atoms with Gasteiger partial charge in [-0.3, -0.25) is 29.0 Å². The van der Waals surface area contributed by atoms with Crippen LogP contribution in [0.4, 0.5) is 16.2 Å². The molecule has 4 rings (SSSR count). The van der Waals surface area contributed by atoms with Crippen molar-refractivity contribution in [3.63, 3.8) is 0 Å². The SMILES string of the molecule is NCC(=O)OCCCCC(=O)N(C[C@H]1CN(c2ccc(N3CCOCC3=O)cc2)C(=O)O1)C(=O)c1ccc(Cl)s1. The van der Waals surface area contributed by atoms with Crippen molar-refractivity contribution in [2.45, 2.75) is 25.4 Å². The summed E-state index contributed by atoms with van der Waals surface area (Å²) in [6, 6.07) is 10.0. The Hall–Kier alpha value is -3.52. The number of esters is 1. The van der Waals surface area contributed by atoms with Crippen molar-refractivity contribution in [1.82, 2.24) is 4.90 Å². The van der Waals surface area contributed by atoms with E-state index in [1.165, 1.54) is 11.0 Å². The highest BCUT2D eigenvalue weighted by molar-refractivity contribution is 7.18. The normalized spacial score (nSPS) is 17.1. The van der Waals surface area contributed by atoms with Crippen molar-refractivity contribution in [2.24, 2.45) is 5.73 Å². The number of hydrogen-bond acceptors (Lipinski definition) is 10. The minimum absolute atomic E-state index is 0.0231. The number of carbonyl (C=O) groups is 5. The number of unbranched alkanes of at least 4 members (excludes halogenated alkanes) is 1. The van der Waals surface area contributed by atoms with Gasteiger partial charge in [0.05, 0.1) is 42.1 Å². The highest BCUT2D eigenvalue weighted by Crippen LogP contribution is 2.27. The van der Waals surface area contributed by atoms with E-state index in [2.05, 4.69) is 0 Å². The molecular weight excluding hydrogens is 564 g/mol. The molecule has 1 aromatic heterocycles. The standard InChI is InChI=1S/C26H29ClN4O8S/c27-21-9-8-20(40-21)25(35)31(22(32)3-1-2-11-38-24(34)13-28)15-19-14-30(26(36)39-19)18-6-4-17(5-7-18)29-10-12-37-16-23(29)33/h4-9,19H,1-3,10-16,28H2/t19-/m1/s1. The van der Waals surface area contributed by atoms with Crippen LogP contribution in [0.25, 0.3) is 0 Å². The molecule has 0 spiro atoms. The van der Waals surface area contributed by atoms with E-state index in [4.69, 9.17) is 31.5 Å². The summed E-state index contributed by atoms with van der Waals surface area (Å²) in [7, 11) is 0. The molecule has 0 radical (unpaired) electrons. The molecule has 214 valence electrons. The monoisotopic (exact) mass is 592 g/mol. The summed E-state index contributed by atoms with van der Waals surface area (Å²) in [4.78, 5) is 66.7. The maximum absolute atomic E-state index is 13.2. The Kier molecular flexibility index (Phi) is 10.1. The number of hydrogen-bond donors (Lipinski definition) is 1. The van der Waals surface area contributed by atoms with Crippen LogP contribution in [0.15, 0.2) is 36.4 Å². The average molecular weight is 593 g/mol. The van der Waals surface area contributed by atoms with Crippen LogP contribution in [0.3, 0.4) is 0 Å². The molecule has 2 aromatic rings. The number of thiophene rings is 1. The first kappa shape index (κ1) is 29.5. The summed E-state index contributed by atoms with van der Waals surface area (Å²) in [6.07, 6.45) is -0.553. The predicted molar refractivity (Wildman–Crippen MR) is 146 cm³/mol. The van der Waals surface area contributed by atoms with E-state index in [-0.39, 0.29) is 50.1 Å². The van der Waals surface area contributed by atoms with E-state index in [1.54, 1.807) is 35.2 Å². The lowest BCUT2D eigenvalue weighted by atomic mass is 10.2. The minimum Gasteiger partial charge on any atom is -0.465 e. The van der Waals surface area contributed by atoms with E-state index in [1.807, 2.05) is 0 Å². The molecule has 0 aliphatic carbocycles. The number of carbonyl (C=O) groups excluding carboxylic acids is 5. The smallest absolute Gasteiger partial charge is 0.414 e. The second kappa shape index (κ2) is 13.7. The van der Waals surface area contributed by atoms with Crippen LogP contribution in [0.5, 0.6) is 0 Å². The van der Waals surface area contributed by atoms with Crippen molar-refractivity contribution in [3.8, 4) is 0 Å². The lowest BCUT2D eigenvalue weighted by molar-refractivity contribution is -0.142. The molecule has 2 aliphatic rings. The Morgan fingerprint density at radius 2 is 1.80 bits per heavy atom. The van der Waals surface area contributed by atoms with E-state index < -0.39 is 30.0 Å². The number of imide groups is 1. The fourth-order valence-corrected chi connectivity index (χ4v) is 5.25. The van der Waals surface area contributed by atoms with Crippen LogP contribution in [0.2, 0.25) is 4.34 Å². The van der Waals surface area contributed by atoms with Crippen molar-refractivity contribution in [3.05, 3.63) is 45.6 Å². The molecule has 3 heterocycles. The second-order valence-electron chi connectivity index (χ2n) is 9.03. The molecule has 2 N–H and O–H groups in total. The lowest BCUT2D eigenvalue weighted by Gasteiger charge is -2.27. The van der Waals surface area contributed by atoms with Crippen molar-refractivity contribution >= 4 is 64.1 Å². The first-order valence-corrected chi connectivity index (χ1v) is 13.9. The van der Waals surface area contributed by atoms with E-state index >= 15 is 0 Å². The van der Waals surface area contributed by atoms with Gasteiger partial charge in [0.15, 0.2) is 0 Å². The summed E-state index contributed by atoms with van der Waals surface area (Å²) in [5.41, 5.74) is 6.45. The van der Waals surface area contributed by atoms with Gasteiger partial charge in [0.25, 0.3) is 11.8 Å². The summed E-state index contributed by atoms with van der Waals surface area (Å²) < 4.78 is 16.0. The zero-order valence-electron chi connectivity index (χ0n) is 21.6. The van der Waals surface area contributed by atoms with Gasteiger partial charge in [0.1, 0.15) is 12.7 Å². The average Bonchev–Trinajstić information content (AvgIpc) is 3.56. The molecule has 0 bridgehead atoms. The van der Waals surface area contributed by atoms with E-state index in [0.717, 1.165) is 16.2 Å². The highest BCUT2D eigenvalue weighted by atomic mass is 35.5. The van der Waals surface area contributed by atoms with Gasteiger partial charge in [0, 0.05) is 24.3 Å². The number of benzene rings is 1. The van der Waals surface area contributed by atoms with E-state index in [0.29, 0.717) is 41.7 Å². The van der Waals surface area contributed by atoms with Crippen LogP contribution < -0.4 is 15.5 Å². The van der Waals surface area contributed by atoms with E-state index in [9.17, 15) is 24.0 Å². The Morgan fingerprint density at radius 1 is 1.07 bits per heavy atom. The number of anilines is 2. The largest absolute Gasteiger partial charge is 0.465 e. The Labute approximate surface area is 239 Å². The Balaban J connectivity index is 1.40. The third kappa shape index (κ3) is 7.36. The Morgan fingerprint density at radius 3 is 2.45 bits per heavy atom. The van der Waals surface area contributed by atoms with Gasteiger partial charge < -0.3 is 24.8 Å². The summed E-state index contributed by atoms with van der Waals surface area (Å²) in [5.74, 6) is -1.66. The van der Waals surface area contributed by atoms with Gasteiger partial charge in [-0.1, -0.05) is 11.6 Å². The van der Waals surface area contributed by atoms with Gasteiger partial charge >= 0.3 is 12.1 Å². The minimum atomic E-state index is -0.762. The molecule has 14 heteroatoms. The fraction of sp³-hybridized carbons (Fsp3) is 0.423. The zero-order valence-corrected chi connectivity index (χ0v) is 23.2. The number of rotatable bonds is 11. The first-order chi connectivity index (χ1) is 19.3. The molecule has 0 unspecified atom stereocenters. The van der Waals surface area contributed by atoms with Crippen LogP contribution in [-0.2, 0) is 28.6 Å². The molecule has 1 aromatic carbocycles. The van der Waals surface area contributed by atoms with Crippen LogP contribution >= 0.6 is 22.9 Å². The number of amides is 4. The quantitative estimate of drug-likeness (QED) is 0.307. The zero-order chi connectivity index (χ0) is 28.6. The third-order valence-corrected chi connectivity index (χ3v) is 7.48. The second-order valence-corrected chi connectivity index (χ2v) is 10.7. The molecule has 12 nitrogen and oxygen atoms in total.